The minimum absolute atomic E-state index is 0.110. The lowest BCUT2D eigenvalue weighted by molar-refractivity contribution is -0.139. The molecular formula is C30H28NO5+. The van der Waals surface area contributed by atoms with Crippen LogP contribution in [-0.2, 0) is 16.8 Å². The molecule has 36 heavy (non-hydrogen) atoms. The number of hydrogen-bond acceptors (Lipinski definition) is 5. The van der Waals surface area contributed by atoms with Crippen LogP contribution < -0.4 is 18.7 Å². The Morgan fingerprint density at radius 3 is 2.58 bits per heavy atom. The van der Waals surface area contributed by atoms with Crippen molar-refractivity contribution in [3.05, 3.63) is 95.5 Å². The van der Waals surface area contributed by atoms with E-state index < -0.39 is 11.0 Å². The van der Waals surface area contributed by atoms with E-state index in [1.54, 1.807) is 6.26 Å². The molecule has 7 rings (SSSR count). The van der Waals surface area contributed by atoms with Crippen molar-refractivity contribution in [3.8, 4) is 17.2 Å². The molecule has 0 fully saturated rings. The Morgan fingerprint density at radius 2 is 1.81 bits per heavy atom. The molecule has 3 aromatic rings. The number of carbonyl (C=O) groups is 1. The molecule has 4 heterocycles. The molecule has 1 aliphatic carbocycles. The SMILES string of the molecule is CCC1([N+]2(Cc3ccco3)C(=O)C3(COc4cc5c(cc43)OCO5)c3ccccc32)C=C(C)C=CC1. The van der Waals surface area contributed by atoms with Crippen LogP contribution in [0.2, 0.25) is 0 Å². The molecule has 3 aliphatic heterocycles. The Hall–Kier alpha value is -3.77. The third-order valence-electron chi connectivity index (χ3n) is 8.56. The Labute approximate surface area is 210 Å². The summed E-state index contributed by atoms with van der Waals surface area (Å²) in [6.45, 7) is 5.14. The van der Waals surface area contributed by atoms with Gasteiger partial charge < -0.3 is 18.6 Å². The second kappa shape index (κ2) is 7.37. The Balaban J connectivity index is 1.54. The third kappa shape index (κ3) is 2.52. The molecule has 4 aliphatic rings. The van der Waals surface area contributed by atoms with Crippen LogP contribution in [0.4, 0.5) is 5.69 Å². The first-order valence-electron chi connectivity index (χ1n) is 12.5. The van der Waals surface area contributed by atoms with Crippen molar-refractivity contribution in [1.82, 2.24) is 4.48 Å². The van der Waals surface area contributed by atoms with Crippen LogP contribution in [-0.4, -0.2) is 24.8 Å². The van der Waals surface area contributed by atoms with E-state index in [-0.39, 0.29) is 23.8 Å². The van der Waals surface area contributed by atoms with Gasteiger partial charge in [-0.15, -0.1) is 0 Å². The van der Waals surface area contributed by atoms with Gasteiger partial charge in [-0.1, -0.05) is 37.3 Å². The summed E-state index contributed by atoms with van der Waals surface area (Å²) in [6.07, 6.45) is 9.89. The van der Waals surface area contributed by atoms with Gasteiger partial charge in [0.15, 0.2) is 22.7 Å². The van der Waals surface area contributed by atoms with E-state index in [0.29, 0.717) is 23.8 Å². The van der Waals surface area contributed by atoms with Gasteiger partial charge in [0.1, 0.15) is 30.1 Å². The molecule has 6 heteroatoms. The number of rotatable bonds is 4. The highest BCUT2D eigenvalue weighted by molar-refractivity contribution is 6.09. The lowest BCUT2D eigenvalue weighted by Crippen LogP contribution is -2.68. The zero-order chi connectivity index (χ0) is 24.5. The van der Waals surface area contributed by atoms with Crippen molar-refractivity contribution in [3.63, 3.8) is 0 Å². The van der Waals surface area contributed by atoms with Crippen LogP contribution in [0.1, 0.15) is 43.6 Å². The van der Waals surface area contributed by atoms with E-state index in [0.717, 1.165) is 41.0 Å². The van der Waals surface area contributed by atoms with E-state index in [1.165, 1.54) is 0 Å². The standard InChI is InChI=1S/C30H28NO5/c1-3-29(12-6-8-20(2)16-29)31(17-21-9-7-13-33-21)24-11-5-4-10-22(24)30(28(31)32)18-34-25-15-27-26(14-23(25)30)35-19-36-27/h4-11,13-16H,3,12,17-19H2,1-2H3/q+1. The second-order valence-corrected chi connectivity index (χ2v) is 10.2. The smallest absolute Gasteiger partial charge is 0.338 e. The van der Waals surface area contributed by atoms with Crippen LogP contribution in [0.25, 0.3) is 0 Å². The molecule has 0 N–H and O–H groups in total. The van der Waals surface area contributed by atoms with Crippen molar-refractivity contribution < 1.29 is 23.4 Å². The molecule has 1 spiro atoms. The summed E-state index contributed by atoms with van der Waals surface area (Å²) in [5.41, 5.74) is 2.59. The zero-order valence-electron chi connectivity index (χ0n) is 20.5. The number of allylic oxidation sites excluding steroid dienone is 2. The monoisotopic (exact) mass is 482 g/mol. The maximum absolute atomic E-state index is 15.4. The zero-order valence-corrected chi connectivity index (χ0v) is 20.5. The van der Waals surface area contributed by atoms with Crippen LogP contribution in [0.5, 0.6) is 17.2 Å². The van der Waals surface area contributed by atoms with E-state index in [4.69, 9.17) is 18.6 Å². The molecule has 0 radical (unpaired) electrons. The van der Waals surface area contributed by atoms with E-state index in [9.17, 15) is 0 Å². The van der Waals surface area contributed by atoms with Gasteiger partial charge in [-0.2, -0.15) is 0 Å². The van der Waals surface area contributed by atoms with Gasteiger partial charge in [-0.05, 0) is 36.8 Å². The number of nitrogens with zero attached hydrogens (tertiary/aromatic N) is 1. The second-order valence-electron chi connectivity index (χ2n) is 10.2. The van der Waals surface area contributed by atoms with E-state index in [1.807, 2.05) is 36.4 Å². The van der Waals surface area contributed by atoms with Crippen LogP contribution >= 0.6 is 0 Å². The highest BCUT2D eigenvalue weighted by Gasteiger charge is 2.71. The van der Waals surface area contributed by atoms with E-state index >= 15 is 4.79 Å². The first-order chi connectivity index (χ1) is 17.5. The van der Waals surface area contributed by atoms with Crippen LogP contribution in [0.15, 0.2) is 83.0 Å². The summed E-state index contributed by atoms with van der Waals surface area (Å²) in [5.74, 6) is 2.89. The lowest BCUT2D eigenvalue weighted by Gasteiger charge is -2.48. The quantitative estimate of drug-likeness (QED) is 0.441. The van der Waals surface area contributed by atoms with Gasteiger partial charge >= 0.3 is 5.91 Å². The molecule has 0 saturated carbocycles. The molecule has 6 nitrogen and oxygen atoms in total. The van der Waals surface area contributed by atoms with Gasteiger partial charge in [-0.25, -0.2) is 9.28 Å². The Bertz CT molecular complexity index is 1450. The van der Waals surface area contributed by atoms with Crippen molar-refractivity contribution in [1.29, 1.82) is 0 Å². The Morgan fingerprint density at radius 1 is 0.972 bits per heavy atom. The number of fused-ring (bicyclic) bond motifs is 5. The summed E-state index contributed by atoms with van der Waals surface area (Å²) < 4.78 is 23.6. The summed E-state index contributed by atoms with van der Waals surface area (Å²) in [4.78, 5) is 15.4. The minimum Gasteiger partial charge on any atom is -0.491 e. The number of para-hydroxylation sites is 1. The topological polar surface area (TPSA) is 57.9 Å². The van der Waals surface area contributed by atoms with Crippen molar-refractivity contribution >= 4 is 11.6 Å². The van der Waals surface area contributed by atoms with Crippen molar-refractivity contribution in [2.75, 3.05) is 13.4 Å². The fourth-order valence-corrected chi connectivity index (χ4v) is 6.91. The molecule has 182 valence electrons. The Kier molecular flexibility index (Phi) is 4.40. The number of ether oxygens (including phenoxy) is 3. The summed E-state index contributed by atoms with van der Waals surface area (Å²) in [7, 11) is 0. The molecular weight excluding hydrogens is 454 g/mol. The predicted molar refractivity (Wildman–Crippen MR) is 135 cm³/mol. The molecule has 3 unspecified atom stereocenters. The molecule has 2 aromatic carbocycles. The highest BCUT2D eigenvalue weighted by Crippen LogP contribution is 2.61. The summed E-state index contributed by atoms with van der Waals surface area (Å²) in [5, 5.41) is 0. The molecule has 1 aromatic heterocycles. The van der Waals surface area contributed by atoms with Gasteiger partial charge in [-0.3, -0.25) is 0 Å². The van der Waals surface area contributed by atoms with Crippen LogP contribution in [0, 0.1) is 0 Å². The first kappa shape index (κ1) is 21.5. The number of hydrogen-bond donors (Lipinski definition) is 0. The minimum atomic E-state index is -0.954. The summed E-state index contributed by atoms with van der Waals surface area (Å²) in [6, 6.07) is 15.9. The molecule has 3 atom stereocenters. The largest absolute Gasteiger partial charge is 0.491 e. The maximum atomic E-state index is 15.4. The van der Waals surface area contributed by atoms with Gasteiger partial charge in [0.25, 0.3) is 0 Å². The predicted octanol–water partition coefficient (Wildman–Crippen LogP) is 5.79. The first-order valence-corrected chi connectivity index (χ1v) is 12.5. The molecule has 1 amide bonds. The average Bonchev–Trinajstić information content (AvgIpc) is 3.68. The van der Waals surface area contributed by atoms with Gasteiger partial charge in [0.05, 0.1) is 6.26 Å². The van der Waals surface area contributed by atoms with Gasteiger partial charge in [0, 0.05) is 36.1 Å². The number of carbonyl (C=O) groups excluding carboxylic acids is 1. The normalized spacial score (nSPS) is 29.3. The van der Waals surface area contributed by atoms with E-state index in [2.05, 4.69) is 44.2 Å². The fourth-order valence-electron chi connectivity index (χ4n) is 6.91. The van der Waals surface area contributed by atoms with Crippen molar-refractivity contribution in [2.24, 2.45) is 0 Å². The van der Waals surface area contributed by atoms with Gasteiger partial charge in [0.2, 0.25) is 6.79 Å². The molecule has 0 saturated heterocycles. The number of quaternary nitrogens is 1. The average molecular weight is 483 g/mol. The molecule has 0 bridgehead atoms. The number of amides is 1. The fraction of sp³-hybridized carbons (Fsp3) is 0.300. The summed E-state index contributed by atoms with van der Waals surface area (Å²) >= 11 is 0. The van der Waals surface area contributed by atoms with Crippen molar-refractivity contribution in [2.45, 2.75) is 44.2 Å². The lowest BCUT2D eigenvalue weighted by atomic mass is 9.76. The number of furan rings is 1. The third-order valence-corrected chi connectivity index (χ3v) is 8.56. The highest BCUT2D eigenvalue weighted by atomic mass is 16.7. The maximum Gasteiger partial charge on any atom is 0.338 e. The number of benzene rings is 2. The van der Waals surface area contributed by atoms with Crippen LogP contribution in [0.3, 0.4) is 0 Å².